The molecule has 0 saturated carbocycles. The lowest BCUT2D eigenvalue weighted by Gasteiger charge is -1.90. The third-order valence-electron chi connectivity index (χ3n) is 1.59. The number of hydrogen-bond donors (Lipinski definition) is 1. The number of imidazole rings is 1. The lowest BCUT2D eigenvalue weighted by atomic mass is 10.3. The second kappa shape index (κ2) is 10.2. The van der Waals surface area contributed by atoms with Gasteiger partial charge in [-0.2, -0.15) is 0 Å². The Morgan fingerprint density at radius 3 is 2.31 bits per heavy atom. The number of quaternary nitrogens is 1. The number of aryl methyl sites for hydroxylation is 2. The van der Waals surface area contributed by atoms with Crippen molar-refractivity contribution >= 4 is 0 Å². The normalized spacial score (nSPS) is 7.85. The largest absolute Gasteiger partial charge is 1.00 e. The Labute approximate surface area is 101 Å². The maximum Gasteiger partial charge on any atom is 0.243 e. The van der Waals surface area contributed by atoms with Gasteiger partial charge in [0.2, 0.25) is 6.33 Å². The van der Waals surface area contributed by atoms with Crippen molar-refractivity contribution in [2.45, 2.75) is 26.3 Å². The highest BCUT2D eigenvalue weighted by Crippen LogP contribution is 1.91. The monoisotopic (exact) mass is 315 g/mol. The van der Waals surface area contributed by atoms with Crippen LogP contribution >= 0.6 is 0 Å². The van der Waals surface area contributed by atoms with Gasteiger partial charge >= 0.3 is 0 Å². The Kier molecular flexibility index (Phi) is 14.8. The molecule has 0 aliphatic rings. The molecule has 0 saturated heterocycles. The van der Waals surface area contributed by atoms with Crippen LogP contribution < -0.4 is 44.7 Å². The van der Waals surface area contributed by atoms with Crippen molar-refractivity contribution < 1.29 is 38.5 Å². The summed E-state index contributed by atoms with van der Waals surface area (Å²) in [6.45, 7) is 3.36. The van der Waals surface area contributed by atoms with Crippen molar-refractivity contribution in [2.75, 3.05) is 0 Å². The van der Waals surface area contributed by atoms with Gasteiger partial charge in [0.05, 0.1) is 13.6 Å². The van der Waals surface area contributed by atoms with E-state index in [4.69, 9.17) is 0 Å². The molecule has 13 heavy (non-hydrogen) atoms. The summed E-state index contributed by atoms with van der Waals surface area (Å²) in [4.78, 5) is 0. The van der Waals surface area contributed by atoms with E-state index < -0.39 is 0 Å². The van der Waals surface area contributed by atoms with Gasteiger partial charge < -0.3 is 40.1 Å². The maximum atomic E-state index is 2.21. The summed E-state index contributed by atoms with van der Waals surface area (Å²) < 4.78 is 4.28. The third-order valence-corrected chi connectivity index (χ3v) is 1.59. The van der Waals surface area contributed by atoms with Crippen LogP contribution in [0.5, 0.6) is 0 Å². The molecule has 1 aromatic rings. The first-order valence-electron chi connectivity index (χ1n) is 3.84. The molecule has 0 fully saturated rings. The number of aromatic nitrogens is 2. The fourth-order valence-electron chi connectivity index (χ4n) is 0.975. The van der Waals surface area contributed by atoms with E-state index in [-0.39, 0.29) is 40.1 Å². The lowest BCUT2D eigenvalue weighted by molar-refractivity contribution is -0.671. The van der Waals surface area contributed by atoms with Gasteiger partial charge in [-0.3, -0.25) is 0 Å². The second-order valence-corrected chi connectivity index (χ2v) is 2.67. The quantitative estimate of drug-likeness (QED) is 0.547. The third kappa shape index (κ3) is 7.22. The predicted molar refractivity (Wildman–Crippen MR) is 46.5 cm³/mol. The Morgan fingerprint density at radius 1 is 1.31 bits per heavy atom. The number of hydrogen-bond acceptors (Lipinski definition) is 0. The summed E-state index contributed by atoms with van der Waals surface area (Å²) in [6, 6.07) is 0. The minimum Gasteiger partial charge on any atom is -1.00 e. The molecule has 1 rings (SSSR count). The van der Waals surface area contributed by atoms with Crippen LogP contribution in [0.1, 0.15) is 19.8 Å². The standard InChI is InChI=1S/C8H15N2.2BrH.H3N/c1-3-4-5-10-7-6-9(2)8-10;;;/h6-8H,3-5H2,1-2H3;2*1H;1H3/q+1;;;/p-1. The molecular weight excluding hydrogens is 298 g/mol. The summed E-state index contributed by atoms with van der Waals surface area (Å²) in [6.07, 6.45) is 8.82. The van der Waals surface area contributed by atoms with Crippen molar-refractivity contribution in [2.24, 2.45) is 7.05 Å². The first-order chi connectivity index (χ1) is 4.83. The average Bonchev–Trinajstić information content (AvgIpc) is 2.31. The molecule has 4 N–H and O–H groups in total. The fraction of sp³-hybridized carbons (Fsp3) is 0.625. The SMILES string of the molecule is CCCCn1cc[n+](C)c1.[Br-].[Br-].[NH4+]. The van der Waals surface area contributed by atoms with Crippen molar-refractivity contribution in [3.8, 4) is 0 Å². The van der Waals surface area contributed by atoms with E-state index in [0.717, 1.165) is 6.54 Å². The summed E-state index contributed by atoms with van der Waals surface area (Å²) in [5, 5.41) is 0. The van der Waals surface area contributed by atoms with E-state index in [1.165, 1.54) is 12.8 Å². The summed E-state index contributed by atoms with van der Waals surface area (Å²) >= 11 is 0. The van der Waals surface area contributed by atoms with E-state index >= 15 is 0 Å². The summed E-state index contributed by atoms with van der Waals surface area (Å²) in [5.74, 6) is 0. The molecule has 1 heterocycles. The molecule has 0 unspecified atom stereocenters. The zero-order valence-corrected chi connectivity index (χ0v) is 11.7. The Hall–Kier alpha value is 0.130. The van der Waals surface area contributed by atoms with Gasteiger partial charge in [-0.25, -0.2) is 9.13 Å². The van der Waals surface area contributed by atoms with Crippen LogP contribution in [0.25, 0.3) is 0 Å². The number of halogens is 2. The van der Waals surface area contributed by atoms with E-state index in [2.05, 4.69) is 34.8 Å². The number of rotatable bonds is 3. The van der Waals surface area contributed by atoms with E-state index in [9.17, 15) is 0 Å². The number of unbranched alkanes of at least 4 members (excludes halogenated alkanes) is 1. The van der Waals surface area contributed by atoms with Crippen molar-refractivity contribution in [1.82, 2.24) is 10.7 Å². The highest BCUT2D eigenvalue weighted by molar-refractivity contribution is 4.65. The van der Waals surface area contributed by atoms with Crippen LogP contribution in [0.4, 0.5) is 0 Å². The smallest absolute Gasteiger partial charge is 0.243 e. The van der Waals surface area contributed by atoms with E-state index in [1.807, 2.05) is 7.05 Å². The Morgan fingerprint density at radius 2 is 1.92 bits per heavy atom. The second-order valence-electron chi connectivity index (χ2n) is 2.67. The molecule has 0 aliphatic heterocycles. The van der Waals surface area contributed by atoms with Crippen LogP contribution in [0.3, 0.4) is 0 Å². The van der Waals surface area contributed by atoms with Gasteiger partial charge in [0.15, 0.2) is 0 Å². The van der Waals surface area contributed by atoms with E-state index in [0.29, 0.717) is 0 Å². The topological polar surface area (TPSA) is 45.3 Å². The molecular formula is C8H19Br2N3. The zero-order chi connectivity index (χ0) is 7.40. The average molecular weight is 317 g/mol. The van der Waals surface area contributed by atoms with Gasteiger partial charge in [-0.05, 0) is 6.42 Å². The molecule has 3 nitrogen and oxygen atoms in total. The Balaban J connectivity index is -0.000000333. The van der Waals surface area contributed by atoms with Crippen molar-refractivity contribution in [3.63, 3.8) is 0 Å². The van der Waals surface area contributed by atoms with Crippen molar-refractivity contribution in [3.05, 3.63) is 18.7 Å². The summed E-state index contributed by atoms with van der Waals surface area (Å²) in [5.41, 5.74) is 0. The molecule has 0 bridgehead atoms. The molecule has 0 aliphatic carbocycles. The zero-order valence-electron chi connectivity index (χ0n) is 8.50. The van der Waals surface area contributed by atoms with Crippen LogP contribution in [0.2, 0.25) is 0 Å². The Bertz CT molecular complexity index is 201. The lowest BCUT2D eigenvalue weighted by Crippen LogP contribution is -3.00. The first kappa shape index (κ1) is 18.8. The molecule has 80 valence electrons. The molecule has 0 radical (unpaired) electrons. The van der Waals surface area contributed by atoms with Crippen molar-refractivity contribution in [1.29, 1.82) is 0 Å². The number of nitrogens with zero attached hydrogens (tertiary/aromatic N) is 2. The minimum absolute atomic E-state index is 0. The van der Waals surface area contributed by atoms with Crippen LogP contribution in [0, 0.1) is 0 Å². The van der Waals surface area contributed by atoms with Gasteiger partial charge in [-0.1, -0.05) is 13.3 Å². The maximum absolute atomic E-state index is 2.21. The first-order valence-corrected chi connectivity index (χ1v) is 3.84. The molecule has 0 amide bonds. The van der Waals surface area contributed by atoms with E-state index in [1.54, 1.807) is 0 Å². The minimum atomic E-state index is 0. The summed E-state index contributed by atoms with van der Waals surface area (Å²) in [7, 11) is 2.04. The highest BCUT2D eigenvalue weighted by atomic mass is 79.9. The van der Waals surface area contributed by atoms with Crippen LogP contribution in [-0.2, 0) is 13.6 Å². The molecule has 0 aromatic carbocycles. The van der Waals surface area contributed by atoms with Gasteiger partial charge in [0, 0.05) is 0 Å². The fourth-order valence-corrected chi connectivity index (χ4v) is 0.975. The molecule has 0 atom stereocenters. The highest BCUT2D eigenvalue weighted by Gasteiger charge is 1.96. The van der Waals surface area contributed by atoms with Gasteiger partial charge in [0.1, 0.15) is 12.4 Å². The molecule has 5 heteroatoms. The van der Waals surface area contributed by atoms with Gasteiger partial charge in [0.25, 0.3) is 0 Å². The molecule has 1 aromatic heterocycles. The van der Waals surface area contributed by atoms with Gasteiger partial charge in [-0.15, -0.1) is 0 Å². The van der Waals surface area contributed by atoms with Crippen LogP contribution in [0.15, 0.2) is 18.7 Å². The van der Waals surface area contributed by atoms with Crippen LogP contribution in [-0.4, -0.2) is 4.57 Å². The predicted octanol–water partition coefficient (Wildman–Crippen LogP) is -4.50. The molecule has 0 spiro atoms.